The number of aliphatic carboxylic acids is 1. The molecule has 1 unspecified atom stereocenters. The number of aldehydes is 1. The van der Waals surface area contributed by atoms with Gasteiger partial charge in [0.1, 0.15) is 12.0 Å². The molecule has 0 amide bonds. The van der Waals surface area contributed by atoms with Crippen molar-refractivity contribution >= 4 is 12.3 Å². The Kier molecular flexibility index (Phi) is 3.65. The monoisotopic (exact) mass is 248 g/mol. The van der Waals surface area contributed by atoms with Crippen LogP contribution in [0.4, 0.5) is 0 Å². The Morgan fingerprint density at radius 3 is 2.78 bits per heavy atom. The van der Waals surface area contributed by atoms with Crippen LogP contribution in [0.15, 0.2) is 18.2 Å². The second kappa shape index (κ2) is 5.21. The topological polar surface area (TPSA) is 63.6 Å². The molecule has 1 aliphatic rings. The van der Waals surface area contributed by atoms with Crippen molar-refractivity contribution in [2.45, 2.75) is 25.2 Å². The molecule has 96 valence electrons. The maximum atomic E-state index is 11.1. The highest BCUT2D eigenvalue weighted by Gasteiger charge is 2.34. The number of benzene rings is 1. The molecule has 18 heavy (non-hydrogen) atoms. The van der Waals surface area contributed by atoms with Crippen LogP contribution < -0.4 is 4.74 Å². The van der Waals surface area contributed by atoms with Gasteiger partial charge in [-0.2, -0.15) is 0 Å². The summed E-state index contributed by atoms with van der Waals surface area (Å²) < 4.78 is 5.07. The minimum absolute atomic E-state index is 0.0615. The number of ether oxygens (including phenoxy) is 1. The molecule has 4 heteroatoms. The predicted molar refractivity (Wildman–Crippen MR) is 66.1 cm³/mol. The van der Waals surface area contributed by atoms with E-state index >= 15 is 0 Å². The van der Waals surface area contributed by atoms with E-state index in [0.29, 0.717) is 17.2 Å². The highest BCUT2D eigenvalue weighted by atomic mass is 16.5. The minimum Gasteiger partial charge on any atom is -0.497 e. The molecule has 0 bridgehead atoms. The first kappa shape index (κ1) is 12.6. The van der Waals surface area contributed by atoms with Crippen LogP contribution in [0.2, 0.25) is 0 Å². The van der Waals surface area contributed by atoms with Crippen LogP contribution in [0, 0.1) is 5.92 Å². The van der Waals surface area contributed by atoms with Crippen molar-refractivity contribution in [3.63, 3.8) is 0 Å². The van der Waals surface area contributed by atoms with E-state index in [1.54, 1.807) is 19.2 Å². The van der Waals surface area contributed by atoms with Crippen LogP contribution in [0.5, 0.6) is 5.75 Å². The normalized spacial score (nSPS) is 16.1. The van der Waals surface area contributed by atoms with Crippen molar-refractivity contribution in [3.05, 3.63) is 29.3 Å². The van der Waals surface area contributed by atoms with E-state index in [1.807, 2.05) is 6.07 Å². The summed E-state index contributed by atoms with van der Waals surface area (Å²) in [6.07, 6.45) is 2.94. The molecular weight excluding hydrogens is 232 g/mol. The van der Waals surface area contributed by atoms with E-state index in [4.69, 9.17) is 9.84 Å². The summed E-state index contributed by atoms with van der Waals surface area (Å²) in [6.45, 7) is 0. The fraction of sp³-hybridized carbons (Fsp3) is 0.429. The van der Waals surface area contributed by atoms with Gasteiger partial charge in [0.25, 0.3) is 0 Å². The number of hydrogen-bond donors (Lipinski definition) is 1. The third-order valence-electron chi connectivity index (χ3n) is 3.41. The quantitative estimate of drug-likeness (QED) is 0.785. The van der Waals surface area contributed by atoms with Crippen LogP contribution in [0.3, 0.4) is 0 Å². The van der Waals surface area contributed by atoms with E-state index in [2.05, 4.69) is 0 Å². The second-order valence-electron chi connectivity index (χ2n) is 4.65. The average molecular weight is 248 g/mol. The van der Waals surface area contributed by atoms with Crippen LogP contribution in [-0.4, -0.2) is 24.5 Å². The van der Waals surface area contributed by atoms with Gasteiger partial charge >= 0.3 is 5.97 Å². The molecule has 0 aromatic heterocycles. The summed E-state index contributed by atoms with van der Waals surface area (Å²) in [5.41, 5.74) is 1.36. The zero-order valence-electron chi connectivity index (χ0n) is 10.3. The Morgan fingerprint density at radius 2 is 2.28 bits per heavy atom. The van der Waals surface area contributed by atoms with Gasteiger partial charge in [0.15, 0.2) is 0 Å². The first-order chi connectivity index (χ1) is 8.65. The van der Waals surface area contributed by atoms with Gasteiger partial charge in [0, 0.05) is 5.56 Å². The van der Waals surface area contributed by atoms with Crippen molar-refractivity contribution in [1.29, 1.82) is 0 Å². The van der Waals surface area contributed by atoms with Gasteiger partial charge in [-0.3, -0.25) is 9.59 Å². The van der Waals surface area contributed by atoms with Crippen LogP contribution in [0.1, 0.15) is 41.1 Å². The molecule has 0 radical (unpaired) electrons. The minimum atomic E-state index is -0.820. The third kappa shape index (κ3) is 2.70. The Morgan fingerprint density at radius 1 is 1.56 bits per heavy atom. The SMILES string of the molecule is COc1ccc(C(CC(=O)O)C2CC2)c(C=O)c1. The van der Waals surface area contributed by atoms with E-state index < -0.39 is 5.97 Å². The molecule has 4 nitrogen and oxygen atoms in total. The van der Waals surface area contributed by atoms with Gasteiger partial charge in [-0.05, 0) is 42.4 Å². The standard InChI is InChI=1S/C14H16O4/c1-18-11-4-5-12(10(6-11)8-15)13(7-14(16)17)9-2-3-9/h4-6,8-9,13H,2-3,7H2,1H3,(H,16,17). The molecule has 1 fully saturated rings. The first-order valence-electron chi connectivity index (χ1n) is 6.00. The lowest BCUT2D eigenvalue weighted by Gasteiger charge is -2.17. The highest BCUT2D eigenvalue weighted by molar-refractivity contribution is 5.79. The summed E-state index contributed by atoms with van der Waals surface area (Å²) in [6, 6.07) is 5.26. The summed E-state index contributed by atoms with van der Waals surface area (Å²) >= 11 is 0. The Balaban J connectivity index is 2.33. The van der Waals surface area contributed by atoms with Crippen LogP contribution >= 0.6 is 0 Å². The zero-order chi connectivity index (χ0) is 13.1. The second-order valence-corrected chi connectivity index (χ2v) is 4.65. The third-order valence-corrected chi connectivity index (χ3v) is 3.41. The van der Waals surface area contributed by atoms with Crippen molar-refractivity contribution in [1.82, 2.24) is 0 Å². The van der Waals surface area contributed by atoms with Crippen LogP contribution in [-0.2, 0) is 4.79 Å². The summed E-state index contributed by atoms with van der Waals surface area (Å²) in [7, 11) is 1.54. The largest absolute Gasteiger partial charge is 0.497 e. The summed E-state index contributed by atoms with van der Waals surface area (Å²) in [5.74, 6) is 0.132. The first-order valence-corrected chi connectivity index (χ1v) is 6.00. The lowest BCUT2D eigenvalue weighted by atomic mass is 9.88. The number of carboxylic acids is 1. The Labute approximate surface area is 106 Å². The molecule has 0 heterocycles. The van der Waals surface area contributed by atoms with Gasteiger partial charge in [0.2, 0.25) is 0 Å². The number of methoxy groups -OCH3 is 1. The molecule has 0 spiro atoms. The molecule has 1 atom stereocenters. The molecule has 0 saturated heterocycles. The molecule has 1 aromatic rings. The van der Waals surface area contributed by atoms with Gasteiger partial charge < -0.3 is 9.84 Å². The summed E-state index contributed by atoms with van der Waals surface area (Å²) in [4.78, 5) is 22.1. The van der Waals surface area contributed by atoms with Crippen molar-refractivity contribution in [2.75, 3.05) is 7.11 Å². The van der Waals surface area contributed by atoms with E-state index in [1.165, 1.54) is 0 Å². The number of carboxylic acid groups (broad SMARTS) is 1. The smallest absolute Gasteiger partial charge is 0.303 e. The predicted octanol–water partition coefficient (Wildman–Crippen LogP) is 2.48. The highest BCUT2D eigenvalue weighted by Crippen LogP contribution is 2.45. The molecule has 1 N–H and O–H groups in total. The van der Waals surface area contributed by atoms with Crippen molar-refractivity contribution in [3.8, 4) is 5.75 Å². The number of carbonyl (C=O) groups excluding carboxylic acids is 1. The summed E-state index contributed by atoms with van der Waals surface area (Å²) in [5, 5.41) is 8.97. The molecule has 1 saturated carbocycles. The fourth-order valence-corrected chi connectivity index (χ4v) is 2.34. The number of carbonyl (C=O) groups is 2. The van der Waals surface area contributed by atoms with Crippen molar-refractivity contribution < 1.29 is 19.4 Å². The maximum Gasteiger partial charge on any atom is 0.303 e. The fourth-order valence-electron chi connectivity index (χ4n) is 2.34. The van der Waals surface area contributed by atoms with E-state index in [0.717, 1.165) is 24.7 Å². The van der Waals surface area contributed by atoms with E-state index in [9.17, 15) is 9.59 Å². The lowest BCUT2D eigenvalue weighted by Crippen LogP contribution is -2.10. The molecule has 1 aromatic carbocycles. The molecule has 1 aliphatic carbocycles. The maximum absolute atomic E-state index is 11.1. The van der Waals surface area contributed by atoms with Gasteiger partial charge in [-0.25, -0.2) is 0 Å². The number of hydrogen-bond acceptors (Lipinski definition) is 3. The van der Waals surface area contributed by atoms with Crippen LogP contribution in [0.25, 0.3) is 0 Å². The zero-order valence-corrected chi connectivity index (χ0v) is 10.3. The Hall–Kier alpha value is -1.84. The molecule has 2 rings (SSSR count). The lowest BCUT2D eigenvalue weighted by molar-refractivity contribution is -0.137. The average Bonchev–Trinajstić information content (AvgIpc) is 3.19. The number of rotatable bonds is 6. The van der Waals surface area contributed by atoms with Gasteiger partial charge in [0.05, 0.1) is 13.5 Å². The molecular formula is C14H16O4. The Bertz CT molecular complexity index is 463. The van der Waals surface area contributed by atoms with E-state index in [-0.39, 0.29) is 12.3 Å². The molecule has 0 aliphatic heterocycles. The van der Waals surface area contributed by atoms with Gasteiger partial charge in [-0.15, -0.1) is 0 Å². The van der Waals surface area contributed by atoms with Crippen molar-refractivity contribution in [2.24, 2.45) is 5.92 Å². The van der Waals surface area contributed by atoms with Gasteiger partial charge in [-0.1, -0.05) is 6.07 Å².